The lowest BCUT2D eigenvalue weighted by Crippen LogP contribution is -2.41. The first-order valence-electron chi connectivity index (χ1n) is 9.67. The summed E-state index contributed by atoms with van der Waals surface area (Å²) in [5, 5.41) is 5.64. The van der Waals surface area contributed by atoms with Crippen molar-refractivity contribution in [1.82, 2.24) is 19.1 Å². The third-order valence-corrected chi connectivity index (χ3v) is 6.59. The summed E-state index contributed by atoms with van der Waals surface area (Å²) in [6.45, 7) is 3.76. The summed E-state index contributed by atoms with van der Waals surface area (Å²) in [5.74, 6) is -0.377. The monoisotopic (exact) mass is 434 g/mol. The summed E-state index contributed by atoms with van der Waals surface area (Å²) in [6, 6.07) is 0. The molecule has 0 aromatic carbocycles. The SMILES string of the molecule is CCCn1c(=O)c2sc(N3CCCCC3)nc2n(CC(=O)Nc2nccs2)c1=O. The van der Waals surface area contributed by atoms with Crippen LogP contribution in [0.15, 0.2) is 21.2 Å². The van der Waals surface area contributed by atoms with Crippen molar-refractivity contribution >= 4 is 49.2 Å². The molecule has 0 saturated carbocycles. The average molecular weight is 435 g/mol. The Morgan fingerprint density at radius 3 is 2.69 bits per heavy atom. The number of fused-ring (bicyclic) bond motifs is 1. The quantitative estimate of drug-likeness (QED) is 0.638. The average Bonchev–Trinajstić information content (AvgIpc) is 3.39. The number of nitrogens with one attached hydrogen (secondary N) is 1. The molecule has 0 spiro atoms. The second-order valence-electron chi connectivity index (χ2n) is 6.91. The van der Waals surface area contributed by atoms with Gasteiger partial charge in [-0.1, -0.05) is 18.3 Å². The third kappa shape index (κ3) is 3.97. The molecule has 3 aromatic heterocycles. The summed E-state index contributed by atoms with van der Waals surface area (Å²) in [6.07, 6.45) is 5.59. The smallest absolute Gasteiger partial charge is 0.333 e. The van der Waals surface area contributed by atoms with Crippen LogP contribution in [0, 0.1) is 0 Å². The lowest BCUT2D eigenvalue weighted by Gasteiger charge is -2.25. The normalized spacial score (nSPS) is 14.4. The minimum Gasteiger partial charge on any atom is -0.348 e. The molecule has 1 N–H and O–H groups in total. The Morgan fingerprint density at radius 2 is 2.00 bits per heavy atom. The highest BCUT2D eigenvalue weighted by Gasteiger charge is 2.22. The summed E-state index contributed by atoms with van der Waals surface area (Å²) < 4.78 is 2.93. The summed E-state index contributed by atoms with van der Waals surface area (Å²) in [7, 11) is 0. The Labute approximate surface area is 174 Å². The van der Waals surface area contributed by atoms with E-state index in [-0.39, 0.29) is 23.7 Å². The third-order valence-electron chi connectivity index (χ3n) is 4.81. The van der Waals surface area contributed by atoms with E-state index < -0.39 is 5.69 Å². The molecule has 29 heavy (non-hydrogen) atoms. The lowest BCUT2D eigenvalue weighted by molar-refractivity contribution is -0.116. The zero-order valence-corrected chi connectivity index (χ0v) is 17.7. The van der Waals surface area contributed by atoms with E-state index in [0.29, 0.717) is 22.8 Å². The molecule has 9 nitrogen and oxygen atoms in total. The van der Waals surface area contributed by atoms with Gasteiger partial charge >= 0.3 is 5.69 Å². The highest BCUT2D eigenvalue weighted by molar-refractivity contribution is 7.22. The molecule has 0 aliphatic carbocycles. The van der Waals surface area contributed by atoms with Crippen molar-refractivity contribution in [2.75, 3.05) is 23.3 Å². The highest BCUT2D eigenvalue weighted by Crippen LogP contribution is 2.28. The van der Waals surface area contributed by atoms with Gasteiger partial charge in [0.2, 0.25) is 5.91 Å². The van der Waals surface area contributed by atoms with Crippen LogP contribution in [-0.2, 0) is 17.9 Å². The van der Waals surface area contributed by atoms with E-state index >= 15 is 0 Å². The topological polar surface area (TPSA) is 102 Å². The molecule has 1 aliphatic rings. The first-order chi connectivity index (χ1) is 14.1. The molecule has 1 saturated heterocycles. The van der Waals surface area contributed by atoms with E-state index in [1.54, 1.807) is 11.6 Å². The van der Waals surface area contributed by atoms with Crippen molar-refractivity contribution in [3.05, 3.63) is 32.4 Å². The number of carbonyl (C=O) groups is 1. The fraction of sp³-hybridized carbons (Fsp3) is 0.500. The number of rotatable bonds is 6. The number of carbonyl (C=O) groups excluding carboxylic acids is 1. The van der Waals surface area contributed by atoms with Crippen LogP contribution < -0.4 is 21.5 Å². The fourth-order valence-corrected chi connectivity index (χ4v) is 5.06. The Balaban J connectivity index is 1.77. The number of aromatic nitrogens is 4. The molecular weight excluding hydrogens is 412 g/mol. The van der Waals surface area contributed by atoms with E-state index in [2.05, 4.69) is 20.2 Å². The van der Waals surface area contributed by atoms with Crippen LogP contribution in [0.5, 0.6) is 0 Å². The van der Waals surface area contributed by atoms with Gasteiger partial charge in [0.25, 0.3) is 5.56 Å². The van der Waals surface area contributed by atoms with Gasteiger partial charge in [-0.25, -0.2) is 14.8 Å². The van der Waals surface area contributed by atoms with Crippen molar-refractivity contribution < 1.29 is 4.79 Å². The second-order valence-corrected chi connectivity index (χ2v) is 8.78. The molecule has 1 fully saturated rings. The number of nitrogens with zero attached hydrogens (tertiary/aromatic N) is 5. The first-order valence-corrected chi connectivity index (χ1v) is 11.4. The van der Waals surface area contributed by atoms with Crippen molar-refractivity contribution in [3.63, 3.8) is 0 Å². The molecule has 1 aliphatic heterocycles. The van der Waals surface area contributed by atoms with E-state index in [1.807, 2.05) is 6.92 Å². The maximum atomic E-state index is 13.0. The molecule has 0 unspecified atom stereocenters. The molecule has 0 bridgehead atoms. The fourth-order valence-electron chi connectivity index (χ4n) is 3.44. The van der Waals surface area contributed by atoms with E-state index in [0.717, 1.165) is 31.1 Å². The van der Waals surface area contributed by atoms with Gasteiger partial charge in [-0.05, 0) is 25.7 Å². The minimum absolute atomic E-state index is 0.220. The zero-order chi connectivity index (χ0) is 20.4. The summed E-state index contributed by atoms with van der Waals surface area (Å²) in [5.41, 5.74) is -0.550. The van der Waals surface area contributed by atoms with E-state index in [4.69, 9.17) is 0 Å². The minimum atomic E-state index is -0.505. The van der Waals surface area contributed by atoms with Gasteiger partial charge in [0.05, 0.1) is 0 Å². The number of piperidine rings is 1. The Hall–Kier alpha value is -2.53. The molecular formula is C18H22N6O3S2. The number of hydrogen-bond donors (Lipinski definition) is 1. The molecule has 0 radical (unpaired) electrons. The summed E-state index contributed by atoms with van der Waals surface area (Å²) >= 11 is 2.61. The van der Waals surface area contributed by atoms with Crippen LogP contribution >= 0.6 is 22.7 Å². The van der Waals surface area contributed by atoms with E-state index in [1.165, 1.54) is 38.2 Å². The van der Waals surface area contributed by atoms with Crippen LogP contribution in [0.1, 0.15) is 32.6 Å². The Morgan fingerprint density at radius 1 is 1.21 bits per heavy atom. The maximum Gasteiger partial charge on any atom is 0.333 e. The van der Waals surface area contributed by atoms with Crippen LogP contribution in [-0.4, -0.2) is 38.1 Å². The standard InChI is InChI=1S/C18H22N6O3S2/c1-2-7-23-15(26)13-14(21-17(29-13)22-8-4-3-5-9-22)24(18(23)27)11-12(25)20-16-19-6-10-28-16/h6,10H,2-5,7-9,11H2,1H3,(H,19,20,25). The van der Waals surface area contributed by atoms with Gasteiger partial charge in [0.1, 0.15) is 11.2 Å². The predicted octanol–water partition coefficient (Wildman–Crippen LogP) is 2.12. The predicted molar refractivity (Wildman–Crippen MR) is 115 cm³/mol. The van der Waals surface area contributed by atoms with Crippen molar-refractivity contribution in [2.24, 2.45) is 0 Å². The first kappa shape index (κ1) is 19.8. The van der Waals surface area contributed by atoms with Gasteiger partial charge in [0.15, 0.2) is 15.9 Å². The van der Waals surface area contributed by atoms with Crippen LogP contribution in [0.4, 0.5) is 10.3 Å². The number of anilines is 2. The van der Waals surface area contributed by atoms with Crippen molar-refractivity contribution in [2.45, 2.75) is 45.7 Å². The van der Waals surface area contributed by atoms with Crippen molar-refractivity contribution in [3.8, 4) is 0 Å². The molecule has 4 rings (SSSR count). The molecule has 3 aromatic rings. The number of thiazole rings is 2. The van der Waals surface area contributed by atoms with Crippen molar-refractivity contribution in [1.29, 1.82) is 0 Å². The van der Waals surface area contributed by atoms with Gasteiger partial charge in [0, 0.05) is 31.2 Å². The molecule has 1 amide bonds. The largest absolute Gasteiger partial charge is 0.348 e. The molecule has 154 valence electrons. The number of amides is 1. The van der Waals surface area contributed by atoms with Gasteiger partial charge < -0.3 is 10.2 Å². The highest BCUT2D eigenvalue weighted by atomic mass is 32.1. The second kappa shape index (κ2) is 8.46. The molecule has 4 heterocycles. The van der Waals surface area contributed by atoms with Crippen LogP contribution in [0.3, 0.4) is 0 Å². The van der Waals surface area contributed by atoms with Gasteiger partial charge in [-0.2, -0.15) is 0 Å². The van der Waals surface area contributed by atoms with Gasteiger partial charge in [-0.15, -0.1) is 11.3 Å². The number of hydrogen-bond acceptors (Lipinski definition) is 8. The maximum absolute atomic E-state index is 13.0. The Bertz CT molecular complexity index is 1130. The zero-order valence-electron chi connectivity index (χ0n) is 16.1. The molecule has 0 atom stereocenters. The Kier molecular flexibility index (Phi) is 5.76. The van der Waals surface area contributed by atoms with Gasteiger partial charge in [-0.3, -0.25) is 18.7 Å². The van der Waals surface area contributed by atoms with Crippen LogP contribution in [0.2, 0.25) is 0 Å². The summed E-state index contributed by atoms with van der Waals surface area (Å²) in [4.78, 5) is 49.2. The molecule has 11 heteroatoms. The lowest BCUT2D eigenvalue weighted by atomic mass is 10.1. The van der Waals surface area contributed by atoms with Crippen LogP contribution in [0.25, 0.3) is 10.3 Å². The van der Waals surface area contributed by atoms with E-state index in [9.17, 15) is 14.4 Å².